The van der Waals surface area contributed by atoms with E-state index in [1.807, 2.05) is 0 Å². The second-order valence-electron chi connectivity index (χ2n) is 3.77. The van der Waals surface area contributed by atoms with Crippen molar-refractivity contribution in [2.75, 3.05) is 0 Å². The summed E-state index contributed by atoms with van der Waals surface area (Å²) >= 11 is 0. The zero-order chi connectivity index (χ0) is 11.8. The van der Waals surface area contributed by atoms with Gasteiger partial charge in [0.2, 0.25) is 0 Å². The Balaban J connectivity index is 2.07. The van der Waals surface area contributed by atoms with Gasteiger partial charge in [0.05, 0.1) is 5.56 Å². The zero-order valence-electron chi connectivity index (χ0n) is 8.76. The van der Waals surface area contributed by atoms with Gasteiger partial charge < -0.3 is 4.74 Å². The number of carbonyl (C=O) groups excluding carboxylic acids is 1. The molecule has 2 heterocycles. The Labute approximate surface area is 96.9 Å². The van der Waals surface area contributed by atoms with Crippen LogP contribution in [-0.4, -0.2) is 11.0 Å². The van der Waals surface area contributed by atoms with Gasteiger partial charge in [0.15, 0.2) is 6.10 Å². The molecule has 1 atom stereocenters. The van der Waals surface area contributed by atoms with Crippen molar-refractivity contribution >= 4 is 5.97 Å². The fourth-order valence-electron chi connectivity index (χ4n) is 1.89. The Morgan fingerprint density at radius 2 is 1.94 bits per heavy atom. The molecule has 1 aliphatic heterocycles. The van der Waals surface area contributed by atoms with Gasteiger partial charge in [0.25, 0.3) is 0 Å². The maximum Gasteiger partial charge on any atom is 0.341 e. The van der Waals surface area contributed by atoms with Crippen LogP contribution < -0.4 is 0 Å². The van der Waals surface area contributed by atoms with Gasteiger partial charge in [-0.05, 0) is 29.8 Å². The van der Waals surface area contributed by atoms with Gasteiger partial charge in [0, 0.05) is 6.20 Å². The number of aromatic nitrogens is 1. The summed E-state index contributed by atoms with van der Waals surface area (Å²) in [6, 6.07) is 9.23. The summed E-state index contributed by atoms with van der Waals surface area (Å²) < 4.78 is 18.1. The lowest BCUT2D eigenvalue weighted by molar-refractivity contribution is 0.0452. The van der Waals surface area contributed by atoms with Crippen LogP contribution in [0.3, 0.4) is 0 Å². The molecule has 0 saturated heterocycles. The molecule has 1 aromatic heterocycles. The number of hydrogen-bond donors (Lipinski definition) is 0. The van der Waals surface area contributed by atoms with Crippen molar-refractivity contribution in [2.24, 2.45) is 0 Å². The Bertz CT molecular complexity index is 580. The number of carbonyl (C=O) groups is 1. The lowest BCUT2D eigenvalue weighted by Gasteiger charge is -2.09. The lowest BCUT2D eigenvalue weighted by atomic mass is 10.0. The van der Waals surface area contributed by atoms with Crippen molar-refractivity contribution in [1.29, 1.82) is 0 Å². The second kappa shape index (κ2) is 3.66. The summed E-state index contributed by atoms with van der Waals surface area (Å²) in [4.78, 5) is 15.7. The highest BCUT2D eigenvalue weighted by Crippen LogP contribution is 2.33. The van der Waals surface area contributed by atoms with Crippen molar-refractivity contribution in [1.82, 2.24) is 4.98 Å². The smallest absolute Gasteiger partial charge is 0.341 e. The van der Waals surface area contributed by atoms with Crippen LogP contribution in [0.4, 0.5) is 4.39 Å². The van der Waals surface area contributed by atoms with Crippen molar-refractivity contribution in [3.63, 3.8) is 0 Å². The van der Waals surface area contributed by atoms with E-state index in [9.17, 15) is 9.18 Å². The molecule has 0 fully saturated rings. The summed E-state index contributed by atoms with van der Waals surface area (Å²) in [5.41, 5.74) is 1.78. The standard InChI is InChI=1S/C13H8FNO2/c14-9-5-3-8(4-6-9)12-11-10(13(16)17-12)2-1-7-15-11/h1-7,12H. The van der Waals surface area contributed by atoms with Crippen LogP contribution >= 0.6 is 0 Å². The normalized spacial score (nSPS) is 17.7. The molecule has 17 heavy (non-hydrogen) atoms. The minimum Gasteiger partial charge on any atom is -0.447 e. The highest BCUT2D eigenvalue weighted by molar-refractivity contribution is 5.93. The van der Waals surface area contributed by atoms with E-state index in [1.54, 1.807) is 30.5 Å². The average Bonchev–Trinajstić information content (AvgIpc) is 2.69. The molecule has 4 heteroatoms. The molecule has 0 spiro atoms. The lowest BCUT2D eigenvalue weighted by Crippen LogP contribution is -2.01. The van der Waals surface area contributed by atoms with Crippen molar-refractivity contribution in [3.05, 3.63) is 65.2 Å². The predicted octanol–water partition coefficient (Wildman–Crippen LogP) is 2.48. The van der Waals surface area contributed by atoms with Gasteiger partial charge in [-0.25, -0.2) is 9.18 Å². The number of cyclic esters (lactones) is 1. The molecule has 1 aliphatic rings. The number of ether oxygens (including phenoxy) is 1. The number of halogens is 1. The third kappa shape index (κ3) is 1.58. The Morgan fingerprint density at radius 1 is 1.18 bits per heavy atom. The summed E-state index contributed by atoms with van der Waals surface area (Å²) in [5, 5.41) is 0. The van der Waals surface area contributed by atoms with E-state index in [0.29, 0.717) is 11.3 Å². The number of rotatable bonds is 1. The fourth-order valence-corrected chi connectivity index (χ4v) is 1.89. The fraction of sp³-hybridized carbons (Fsp3) is 0.0769. The Morgan fingerprint density at radius 3 is 2.71 bits per heavy atom. The van der Waals surface area contributed by atoms with Crippen molar-refractivity contribution in [3.8, 4) is 0 Å². The molecule has 1 aromatic carbocycles. The van der Waals surface area contributed by atoms with Crippen LogP contribution in [0.25, 0.3) is 0 Å². The molecule has 1 unspecified atom stereocenters. The minimum absolute atomic E-state index is 0.320. The molecule has 0 aliphatic carbocycles. The van der Waals surface area contributed by atoms with Crippen molar-refractivity contribution in [2.45, 2.75) is 6.10 Å². The second-order valence-corrected chi connectivity index (χ2v) is 3.77. The van der Waals surface area contributed by atoms with Gasteiger partial charge in [0.1, 0.15) is 11.5 Å². The summed E-state index contributed by atoms with van der Waals surface area (Å²) in [7, 11) is 0. The van der Waals surface area contributed by atoms with Gasteiger partial charge in [-0.2, -0.15) is 0 Å². The van der Waals surface area contributed by atoms with Crippen LogP contribution in [0.5, 0.6) is 0 Å². The highest BCUT2D eigenvalue weighted by Gasteiger charge is 2.33. The first kappa shape index (κ1) is 9.96. The van der Waals surface area contributed by atoms with Crippen molar-refractivity contribution < 1.29 is 13.9 Å². The number of fused-ring (bicyclic) bond motifs is 1. The highest BCUT2D eigenvalue weighted by atomic mass is 19.1. The molecular formula is C13H8FNO2. The molecule has 0 radical (unpaired) electrons. The molecule has 0 bridgehead atoms. The van der Waals surface area contributed by atoms with E-state index in [2.05, 4.69) is 4.98 Å². The molecule has 0 N–H and O–H groups in total. The molecule has 0 amide bonds. The third-order valence-corrected chi connectivity index (χ3v) is 2.70. The SMILES string of the molecule is O=C1OC(c2ccc(F)cc2)c2ncccc21. The predicted molar refractivity (Wildman–Crippen MR) is 57.9 cm³/mol. The average molecular weight is 229 g/mol. The Kier molecular flexibility index (Phi) is 2.14. The van der Waals surface area contributed by atoms with E-state index in [4.69, 9.17) is 4.74 Å². The number of pyridine rings is 1. The van der Waals surface area contributed by atoms with Crippen LogP contribution in [0.2, 0.25) is 0 Å². The first-order valence-electron chi connectivity index (χ1n) is 5.17. The van der Waals surface area contributed by atoms with Gasteiger partial charge in [-0.3, -0.25) is 4.98 Å². The molecule has 2 aromatic rings. The summed E-state index contributed by atoms with van der Waals surface area (Å²) in [6.07, 6.45) is 1.08. The molecule has 3 nitrogen and oxygen atoms in total. The van der Waals surface area contributed by atoms with E-state index >= 15 is 0 Å². The summed E-state index contributed by atoms with van der Waals surface area (Å²) in [6.45, 7) is 0. The first-order valence-corrected chi connectivity index (χ1v) is 5.17. The number of esters is 1. The largest absolute Gasteiger partial charge is 0.447 e. The van der Waals surface area contributed by atoms with E-state index in [1.165, 1.54) is 12.1 Å². The van der Waals surface area contributed by atoms with Crippen LogP contribution in [0.15, 0.2) is 42.6 Å². The van der Waals surface area contributed by atoms with E-state index < -0.39 is 6.10 Å². The third-order valence-electron chi connectivity index (χ3n) is 2.70. The molecular weight excluding hydrogens is 221 g/mol. The first-order chi connectivity index (χ1) is 8.25. The molecule has 3 rings (SSSR count). The van der Waals surface area contributed by atoms with Gasteiger partial charge >= 0.3 is 5.97 Å². The van der Waals surface area contributed by atoms with Crippen LogP contribution in [-0.2, 0) is 4.74 Å². The monoisotopic (exact) mass is 229 g/mol. The maximum absolute atomic E-state index is 12.8. The zero-order valence-corrected chi connectivity index (χ0v) is 8.76. The topological polar surface area (TPSA) is 39.2 Å². The molecule has 84 valence electrons. The van der Waals surface area contributed by atoms with Crippen LogP contribution in [0.1, 0.15) is 27.7 Å². The summed E-state index contributed by atoms with van der Waals surface area (Å²) in [5.74, 6) is -0.707. The Hall–Kier alpha value is -2.23. The number of hydrogen-bond acceptors (Lipinski definition) is 3. The van der Waals surface area contributed by atoms with Crippen LogP contribution in [0, 0.1) is 5.82 Å². The van der Waals surface area contributed by atoms with E-state index in [-0.39, 0.29) is 11.8 Å². The minimum atomic E-state index is -0.528. The number of nitrogens with zero attached hydrogens (tertiary/aromatic N) is 1. The molecule has 0 saturated carbocycles. The van der Waals surface area contributed by atoms with Gasteiger partial charge in [-0.15, -0.1) is 0 Å². The van der Waals surface area contributed by atoms with Gasteiger partial charge in [-0.1, -0.05) is 12.1 Å². The quantitative estimate of drug-likeness (QED) is 0.705. The van der Waals surface area contributed by atoms with E-state index in [0.717, 1.165) is 5.56 Å². The number of benzene rings is 1. The maximum atomic E-state index is 12.8.